The number of hydrogen-bond acceptors (Lipinski definition) is 1. The van der Waals surface area contributed by atoms with Crippen LogP contribution < -0.4 is 5.32 Å². The van der Waals surface area contributed by atoms with Crippen LogP contribution in [0.2, 0.25) is 0 Å². The van der Waals surface area contributed by atoms with E-state index in [-0.39, 0.29) is 12.1 Å². The predicted octanol–water partition coefficient (Wildman–Crippen LogP) is 3.66. The van der Waals surface area contributed by atoms with Crippen LogP contribution in [0.15, 0.2) is 46.9 Å². The van der Waals surface area contributed by atoms with Crippen molar-refractivity contribution in [3.63, 3.8) is 0 Å². The Balaban J connectivity index is 2.09. The van der Waals surface area contributed by atoms with Crippen LogP contribution in [-0.2, 0) is 6.54 Å². The molecule has 5 heteroatoms. The summed E-state index contributed by atoms with van der Waals surface area (Å²) in [5.74, 6) is -1.51. The molecule has 98 valence electrons. The largest absolute Gasteiger partial charge is 0.348 e. The lowest BCUT2D eigenvalue weighted by Crippen LogP contribution is -2.24. The van der Waals surface area contributed by atoms with E-state index in [0.29, 0.717) is 10.0 Å². The van der Waals surface area contributed by atoms with Gasteiger partial charge in [-0.3, -0.25) is 4.79 Å². The fraction of sp³-hybridized carbons (Fsp3) is 0.0714. The van der Waals surface area contributed by atoms with E-state index < -0.39 is 17.5 Å². The summed E-state index contributed by atoms with van der Waals surface area (Å²) in [7, 11) is 0. The van der Waals surface area contributed by atoms with E-state index in [1.54, 1.807) is 12.1 Å². The number of nitrogens with one attached hydrogen (secondary N) is 1. The lowest BCUT2D eigenvalue weighted by atomic mass is 10.2. The van der Waals surface area contributed by atoms with Crippen molar-refractivity contribution in [1.29, 1.82) is 0 Å². The van der Waals surface area contributed by atoms with Crippen molar-refractivity contribution in [2.24, 2.45) is 0 Å². The van der Waals surface area contributed by atoms with E-state index in [0.717, 1.165) is 0 Å². The molecule has 2 rings (SSSR count). The van der Waals surface area contributed by atoms with E-state index in [4.69, 9.17) is 0 Å². The number of halogens is 3. The Morgan fingerprint density at radius 2 is 1.89 bits per heavy atom. The molecule has 0 spiro atoms. The van der Waals surface area contributed by atoms with Crippen molar-refractivity contribution >= 4 is 21.8 Å². The van der Waals surface area contributed by atoms with Gasteiger partial charge in [0, 0.05) is 11.0 Å². The fourth-order valence-electron chi connectivity index (χ4n) is 1.59. The van der Waals surface area contributed by atoms with Gasteiger partial charge in [-0.15, -0.1) is 0 Å². The van der Waals surface area contributed by atoms with Crippen LogP contribution in [0.4, 0.5) is 8.78 Å². The summed E-state index contributed by atoms with van der Waals surface area (Å²) in [6.07, 6.45) is 0. The van der Waals surface area contributed by atoms with Gasteiger partial charge in [-0.25, -0.2) is 8.78 Å². The standard InChI is InChI=1S/C14H10BrF2NO/c15-12-6-5-10(16)7-9(12)8-18-14(19)11-3-1-2-4-13(11)17/h1-7H,8H2,(H,18,19). The summed E-state index contributed by atoms with van der Waals surface area (Å²) in [4.78, 5) is 11.8. The van der Waals surface area contributed by atoms with Gasteiger partial charge in [0.2, 0.25) is 0 Å². The Morgan fingerprint density at radius 3 is 2.63 bits per heavy atom. The molecule has 0 heterocycles. The van der Waals surface area contributed by atoms with Crippen LogP contribution in [0.3, 0.4) is 0 Å². The highest BCUT2D eigenvalue weighted by molar-refractivity contribution is 9.10. The normalized spacial score (nSPS) is 10.3. The van der Waals surface area contributed by atoms with Gasteiger partial charge in [-0.05, 0) is 35.9 Å². The first kappa shape index (κ1) is 13.7. The van der Waals surface area contributed by atoms with E-state index in [2.05, 4.69) is 21.2 Å². The second-order valence-corrected chi connectivity index (χ2v) is 4.75. The van der Waals surface area contributed by atoms with Crippen LogP contribution in [0, 0.1) is 11.6 Å². The average Bonchev–Trinajstić information content (AvgIpc) is 2.40. The lowest BCUT2D eigenvalue weighted by molar-refractivity contribution is 0.0946. The van der Waals surface area contributed by atoms with Crippen molar-refractivity contribution in [2.75, 3.05) is 0 Å². The van der Waals surface area contributed by atoms with E-state index in [1.807, 2.05) is 0 Å². The average molecular weight is 326 g/mol. The Bertz CT molecular complexity index is 616. The molecule has 0 aromatic heterocycles. The fourth-order valence-corrected chi connectivity index (χ4v) is 1.98. The van der Waals surface area contributed by atoms with Gasteiger partial charge in [0.25, 0.3) is 5.91 Å². The zero-order valence-electron chi connectivity index (χ0n) is 9.79. The highest BCUT2D eigenvalue weighted by Crippen LogP contribution is 2.17. The first-order chi connectivity index (χ1) is 9.08. The van der Waals surface area contributed by atoms with Crippen LogP contribution in [-0.4, -0.2) is 5.91 Å². The summed E-state index contributed by atoms with van der Waals surface area (Å²) in [6, 6.07) is 9.88. The minimum atomic E-state index is -0.585. The van der Waals surface area contributed by atoms with Crippen molar-refractivity contribution in [1.82, 2.24) is 5.32 Å². The Hall–Kier alpha value is -1.75. The first-order valence-corrected chi connectivity index (χ1v) is 6.34. The molecule has 0 aliphatic carbocycles. The minimum absolute atomic E-state index is 0.0324. The summed E-state index contributed by atoms with van der Waals surface area (Å²) in [6.45, 7) is 0.117. The quantitative estimate of drug-likeness (QED) is 0.916. The second-order valence-electron chi connectivity index (χ2n) is 3.90. The number of benzene rings is 2. The van der Waals surface area contributed by atoms with Crippen LogP contribution in [0.1, 0.15) is 15.9 Å². The molecule has 0 unspecified atom stereocenters. The zero-order chi connectivity index (χ0) is 13.8. The number of carbonyl (C=O) groups is 1. The molecule has 2 aromatic rings. The minimum Gasteiger partial charge on any atom is -0.348 e. The molecule has 0 aliphatic heterocycles. The van der Waals surface area contributed by atoms with Crippen molar-refractivity contribution in [3.05, 3.63) is 69.7 Å². The second kappa shape index (κ2) is 5.93. The maximum atomic E-state index is 13.4. The van der Waals surface area contributed by atoms with Crippen molar-refractivity contribution < 1.29 is 13.6 Å². The van der Waals surface area contributed by atoms with Crippen molar-refractivity contribution in [2.45, 2.75) is 6.54 Å². The third kappa shape index (κ3) is 3.38. The van der Waals surface area contributed by atoms with Gasteiger partial charge in [-0.2, -0.15) is 0 Å². The molecule has 1 amide bonds. The first-order valence-electron chi connectivity index (χ1n) is 5.54. The smallest absolute Gasteiger partial charge is 0.254 e. The van der Waals surface area contributed by atoms with Gasteiger partial charge in [0.05, 0.1) is 5.56 Å². The summed E-state index contributed by atoms with van der Waals surface area (Å²) in [5, 5.41) is 2.55. The van der Waals surface area contributed by atoms with E-state index >= 15 is 0 Å². The molecule has 0 radical (unpaired) electrons. The topological polar surface area (TPSA) is 29.1 Å². The summed E-state index contributed by atoms with van der Waals surface area (Å²) in [5.41, 5.74) is 0.555. The van der Waals surface area contributed by atoms with Crippen molar-refractivity contribution in [3.8, 4) is 0 Å². The lowest BCUT2D eigenvalue weighted by Gasteiger charge is -2.08. The summed E-state index contributed by atoms with van der Waals surface area (Å²) >= 11 is 3.26. The Kier molecular flexibility index (Phi) is 4.27. The number of hydrogen-bond donors (Lipinski definition) is 1. The third-order valence-corrected chi connectivity index (χ3v) is 3.34. The highest BCUT2D eigenvalue weighted by Gasteiger charge is 2.11. The third-order valence-electron chi connectivity index (χ3n) is 2.57. The number of amides is 1. The molecule has 0 saturated heterocycles. The Labute approximate surface area is 117 Å². The highest BCUT2D eigenvalue weighted by atomic mass is 79.9. The Morgan fingerprint density at radius 1 is 1.16 bits per heavy atom. The molecule has 1 N–H and O–H groups in total. The molecular weight excluding hydrogens is 316 g/mol. The van der Waals surface area contributed by atoms with Crippen LogP contribution in [0.25, 0.3) is 0 Å². The maximum absolute atomic E-state index is 13.4. The predicted molar refractivity (Wildman–Crippen MR) is 71.7 cm³/mol. The number of rotatable bonds is 3. The maximum Gasteiger partial charge on any atom is 0.254 e. The summed E-state index contributed by atoms with van der Waals surface area (Å²) < 4.78 is 27.1. The van der Waals surface area contributed by atoms with E-state index in [9.17, 15) is 13.6 Å². The SMILES string of the molecule is O=C(NCc1cc(F)ccc1Br)c1ccccc1F. The molecule has 0 fully saturated rings. The molecule has 0 bridgehead atoms. The van der Waals surface area contributed by atoms with Gasteiger partial charge < -0.3 is 5.32 Å². The molecule has 0 atom stereocenters. The molecule has 19 heavy (non-hydrogen) atoms. The van der Waals surface area contributed by atoms with Gasteiger partial charge in [0.1, 0.15) is 11.6 Å². The monoisotopic (exact) mass is 325 g/mol. The van der Waals surface area contributed by atoms with Gasteiger partial charge in [0.15, 0.2) is 0 Å². The van der Waals surface area contributed by atoms with E-state index in [1.165, 1.54) is 30.3 Å². The molecule has 0 saturated carbocycles. The molecule has 2 nitrogen and oxygen atoms in total. The molecular formula is C14H10BrF2NO. The zero-order valence-corrected chi connectivity index (χ0v) is 11.4. The molecule has 2 aromatic carbocycles. The van der Waals surface area contributed by atoms with Crippen LogP contribution >= 0.6 is 15.9 Å². The van der Waals surface area contributed by atoms with Gasteiger partial charge in [-0.1, -0.05) is 28.1 Å². The van der Waals surface area contributed by atoms with Gasteiger partial charge >= 0.3 is 0 Å². The number of carbonyl (C=O) groups excluding carboxylic acids is 1. The van der Waals surface area contributed by atoms with Crippen LogP contribution in [0.5, 0.6) is 0 Å². The molecule has 0 aliphatic rings.